The van der Waals surface area contributed by atoms with E-state index in [0.29, 0.717) is 32.2 Å². The van der Waals surface area contributed by atoms with Crippen molar-refractivity contribution in [1.29, 1.82) is 0 Å². The molecule has 196 valence electrons. The van der Waals surface area contributed by atoms with Gasteiger partial charge in [0.1, 0.15) is 24.7 Å². The van der Waals surface area contributed by atoms with E-state index < -0.39 is 35.3 Å². The van der Waals surface area contributed by atoms with Crippen LogP contribution >= 0.6 is 34.4 Å². The van der Waals surface area contributed by atoms with E-state index in [4.69, 9.17) is 4.74 Å². The van der Waals surface area contributed by atoms with E-state index in [2.05, 4.69) is 5.32 Å². The van der Waals surface area contributed by atoms with Crippen LogP contribution in [0.5, 0.6) is 5.75 Å². The predicted molar refractivity (Wildman–Crippen MR) is 143 cm³/mol. The lowest BCUT2D eigenvalue weighted by Crippen LogP contribution is -2.36. The Kier molecular flexibility index (Phi) is 8.41. The maximum absolute atomic E-state index is 13.3. The molecule has 0 unspecified atom stereocenters. The number of hydrogen-bond acceptors (Lipinski definition) is 5. The number of nitrogens with zero attached hydrogens (tertiary/aromatic N) is 1. The van der Waals surface area contributed by atoms with Crippen LogP contribution in [0.25, 0.3) is 6.08 Å². The lowest BCUT2D eigenvalue weighted by Gasteiger charge is -2.13. The number of amides is 3. The number of ether oxygens (including phenoxy) is 1. The smallest absolute Gasteiger partial charge is 0.416 e. The molecule has 1 aliphatic heterocycles. The van der Waals surface area contributed by atoms with Gasteiger partial charge in [-0.3, -0.25) is 19.3 Å². The van der Waals surface area contributed by atoms with Gasteiger partial charge >= 0.3 is 6.18 Å². The van der Waals surface area contributed by atoms with Crippen molar-refractivity contribution in [3.05, 3.63) is 97.7 Å². The van der Waals surface area contributed by atoms with E-state index in [9.17, 15) is 31.9 Å². The number of benzene rings is 3. The van der Waals surface area contributed by atoms with E-state index in [-0.39, 0.29) is 23.0 Å². The molecule has 0 saturated carbocycles. The first kappa shape index (κ1) is 27.6. The number of halogens is 5. The number of nitrogens with one attached hydrogen (secondary N) is 1. The first-order chi connectivity index (χ1) is 18.0. The van der Waals surface area contributed by atoms with Crippen molar-refractivity contribution >= 4 is 63.2 Å². The van der Waals surface area contributed by atoms with Crippen LogP contribution in [0, 0.1) is 9.39 Å². The zero-order chi connectivity index (χ0) is 27.4. The third-order valence-electron chi connectivity index (χ3n) is 5.19. The second-order valence-corrected chi connectivity index (χ2v) is 10.2. The molecule has 1 fully saturated rings. The Hall–Kier alpha value is -3.39. The number of imide groups is 1. The molecule has 1 N–H and O–H groups in total. The van der Waals surface area contributed by atoms with Gasteiger partial charge in [-0.15, -0.1) is 0 Å². The fourth-order valence-corrected chi connectivity index (χ4v) is 4.95. The molecule has 1 saturated heterocycles. The Morgan fingerprint density at radius 2 is 1.82 bits per heavy atom. The average Bonchev–Trinajstić information content (AvgIpc) is 3.10. The summed E-state index contributed by atoms with van der Waals surface area (Å²) in [5.41, 5.74) is 0.216. The van der Waals surface area contributed by atoms with Crippen LogP contribution < -0.4 is 10.1 Å². The zero-order valence-electron chi connectivity index (χ0n) is 19.2. The number of carbonyl (C=O) groups excluding carboxylic acids is 3. The summed E-state index contributed by atoms with van der Waals surface area (Å²) < 4.78 is 58.5. The quantitative estimate of drug-likeness (QED) is 0.174. The number of anilines is 1. The second-order valence-electron chi connectivity index (χ2n) is 8.00. The van der Waals surface area contributed by atoms with Gasteiger partial charge in [0.2, 0.25) is 5.91 Å². The standard InChI is InChI=1S/C26H17F4IN2O4S/c27-18-5-1-3-16(9-18)14-37-21-8-7-15(10-20(21)31)11-22-24(35)33(25(36)38-22)13-23(34)32-19-6-2-4-17(12-19)26(28,29)30/h1-12H,13-14H2,(H,32,34)/b22-11-. The summed E-state index contributed by atoms with van der Waals surface area (Å²) in [6.45, 7) is -0.489. The lowest BCUT2D eigenvalue weighted by atomic mass is 10.2. The van der Waals surface area contributed by atoms with E-state index in [1.54, 1.807) is 30.3 Å². The topological polar surface area (TPSA) is 75.7 Å². The summed E-state index contributed by atoms with van der Waals surface area (Å²) in [6, 6.07) is 15.2. The molecule has 6 nitrogen and oxygen atoms in total. The fraction of sp³-hybridized carbons (Fsp3) is 0.115. The van der Waals surface area contributed by atoms with Crippen molar-refractivity contribution in [3.63, 3.8) is 0 Å². The van der Waals surface area contributed by atoms with Crippen molar-refractivity contribution in [2.45, 2.75) is 12.8 Å². The minimum absolute atomic E-state index is 0.0890. The third-order valence-corrected chi connectivity index (χ3v) is 6.94. The van der Waals surface area contributed by atoms with Gasteiger partial charge in [-0.25, -0.2) is 4.39 Å². The molecule has 0 radical (unpaired) electrons. The average molecular weight is 656 g/mol. The van der Waals surface area contributed by atoms with Crippen LogP contribution in [0.15, 0.2) is 71.6 Å². The largest absolute Gasteiger partial charge is 0.488 e. The molecule has 1 aliphatic rings. The number of hydrogen-bond donors (Lipinski definition) is 1. The van der Waals surface area contributed by atoms with Gasteiger partial charge in [-0.1, -0.05) is 24.3 Å². The van der Waals surface area contributed by atoms with Crippen LogP contribution in [0.4, 0.5) is 28.0 Å². The Morgan fingerprint density at radius 3 is 2.53 bits per heavy atom. The number of alkyl halides is 3. The molecule has 3 amide bonds. The number of thioether (sulfide) groups is 1. The lowest BCUT2D eigenvalue weighted by molar-refractivity contribution is -0.137. The normalized spacial score (nSPS) is 14.8. The first-order valence-corrected chi connectivity index (χ1v) is 12.8. The summed E-state index contributed by atoms with van der Waals surface area (Å²) in [7, 11) is 0. The molecule has 0 aliphatic carbocycles. The molecule has 4 rings (SSSR count). The molecule has 3 aromatic carbocycles. The van der Waals surface area contributed by atoms with Crippen molar-refractivity contribution in [2.24, 2.45) is 0 Å². The maximum atomic E-state index is 13.3. The van der Waals surface area contributed by atoms with Crippen LogP contribution in [0.2, 0.25) is 0 Å². The summed E-state index contributed by atoms with van der Waals surface area (Å²) in [6.07, 6.45) is -3.09. The van der Waals surface area contributed by atoms with Crippen LogP contribution in [-0.4, -0.2) is 28.5 Å². The van der Waals surface area contributed by atoms with Gasteiger partial charge in [0, 0.05) is 5.69 Å². The predicted octanol–water partition coefficient (Wildman–Crippen LogP) is 6.70. The van der Waals surface area contributed by atoms with Crippen LogP contribution in [0.1, 0.15) is 16.7 Å². The van der Waals surface area contributed by atoms with E-state index >= 15 is 0 Å². The highest BCUT2D eigenvalue weighted by Crippen LogP contribution is 2.34. The minimum Gasteiger partial charge on any atom is -0.488 e. The van der Waals surface area contributed by atoms with Gasteiger partial charge < -0.3 is 10.1 Å². The first-order valence-electron chi connectivity index (χ1n) is 10.9. The van der Waals surface area contributed by atoms with E-state index in [1.807, 2.05) is 22.6 Å². The monoisotopic (exact) mass is 656 g/mol. The van der Waals surface area contributed by atoms with E-state index in [0.717, 1.165) is 23.1 Å². The molecule has 0 bridgehead atoms. The van der Waals surface area contributed by atoms with Gasteiger partial charge in [-0.05, 0) is 94.0 Å². The molecule has 12 heteroatoms. The Morgan fingerprint density at radius 1 is 1.05 bits per heavy atom. The molecule has 3 aromatic rings. The van der Waals surface area contributed by atoms with Crippen molar-refractivity contribution in [3.8, 4) is 5.75 Å². The van der Waals surface area contributed by atoms with Crippen molar-refractivity contribution in [2.75, 3.05) is 11.9 Å². The summed E-state index contributed by atoms with van der Waals surface area (Å²) >= 11 is 2.70. The summed E-state index contributed by atoms with van der Waals surface area (Å²) in [4.78, 5) is 38.3. The van der Waals surface area contributed by atoms with E-state index in [1.165, 1.54) is 24.3 Å². The molecule has 0 atom stereocenters. The zero-order valence-corrected chi connectivity index (χ0v) is 22.2. The van der Waals surface area contributed by atoms with Gasteiger partial charge in [-0.2, -0.15) is 13.2 Å². The molecule has 1 heterocycles. The Balaban J connectivity index is 1.39. The molecular formula is C26H17F4IN2O4S. The van der Waals surface area contributed by atoms with Gasteiger partial charge in [0.25, 0.3) is 11.1 Å². The minimum atomic E-state index is -4.58. The van der Waals surface area contributed by atoms with Crippen LogP contribution in [-0.2, 0) is 22.4 Å². The molecule has 0 aromatic heterocycles. The summed E-state index contributed by atoms with van der Waals surface area (Å²) in [5.74, 6) is -1.33. The highest BCUT2D eigenvalue weighted by atomic mass is 127. The molecule has 0 spiro atoms. The van der Waals surface area contributed by atoms with Gasteiger partial charge in [0.15, 0.2) is 0 Å². The SMILES string of the molecule is O=C(CN1C(=O)S/C(=C\c2ccc(OCc3cccc(F)c3)c(I)c2)C1=O)Nc1cccc(C(F)(F)F)c1. The van der Waals surface area contributed by atoms with Crippen molar-refractivity contribution in [1.82, 2.24) is 4.90 Å². The van der Waals surface area contributed by atoms with Crippen molar-refractivity contribution < 1.29 is 36.7 Å². The van der Waals surface area contributed by atoms with Gasteiger partial charge in [0.05, 0.1) is 14.0 Å². The Bertz CT molecular complexity index is 1440. The third kappa shape index (κ3) is 6.92. The number of rotatable bonds is 7. The summed E-state index contributed by atoms with van der Waals surface area (Å²) in [5, 5.41) is 1.60. The second kappa shape index (κ2) is 11.6. The Labute approximate surface area is 232 Å². The highest BCUT2D eigenvalue weighted by Gasteiger charge is 2.36. The number of carbonyl (C=O) groups is 3. The molecular weight excluding hydrogens is 639 g/mol. The molecule has 38 heavy (non-hydrogen) atoms. The highest BCUT2D eigenvalue weighted by molar-refractivity contribution is 14.1. The van der Waals surface area contributed by atoms with Crippen LogP contribution in [0.3, 0.4) is 0 Å². The fourth-order valence-electron chi connectivity index (χ4n) is 3.42. The maximum Gasteiger partial charge on any atom is 0.416 e.